The van der Waals surface area contributed by atoms with Gasteiger partial charge >= 0.3 is 12.6 Å². The van der Waals surface area contributed by atoms with Crippen LogP contribution in [-0.2, 0) is 10.3 Å². The summed E-state index contributed by atoms with van der Waals surface area (Å²) in [5.41, 5.74) is -0.270. The van der Waals surface area contributed by atoms with E-state index in [0.717, 1.165) is 23.6 Å². The molecular weight excluding hydrogens is 456 g/mol. The summed E-state index contributed by atoms with van der Waals surface area (Å²) in [5, 5.41) is 7.42. The minimum absolute atomic E-state index is 0.0431. The Balaban J connectivity index is 1.55. The number of carbonyl (C=O) groups is 2. The van der Waals surface area contributed by atoms with E-state index in [4.69, 9.17) is 4.74 Å². The first-order chi connectivity index (χ1) is 16.8. The molecule has 2 aromatic rings. The third kappa shape index (κ3) is 7.00. The van der Waals surface area contributed by atoms with Crippen molar-refractivity contribution in [2.45, 2.75) is 64.5 Å². The number of amides is 3. The fourth-order valence-corrected chi connectivity index (χ4v) is 3.74. The molecule has 1 saturated heterocycles. The highest BCUT2D eigenvalue weighted by Gasteiger charge is 2.49. The zero-order valence-corrected chi connectivity index (χ0v) is 20.0. The Morgan fingerprint density at radius 1 is 0.971 bits per heavy atom. The number of hydrogen-bond acceptors (Lipinski definition) is 5. The summed E-state index contributed by atoms with van der Waals surface area (Å²) < 4.78 is 34.8. The van der Waals surface area contributed by atoms with Gasteiger partial charge in [-0.25, -0.2) is 4.79 Å². The Morgan fingerprint density at radius 3 is 2.26 bits per heavy atom. The van der Waals surface area contributed by atoms with Gasteiger partial charge in [0.05, 0.1) is 12.8 Å². The van der Waals surface area contributed by atoms with Gasteiger partial charge in [0, 0.05) is 0 Å². The van der Waals surface area contributed by atoms with Gasteiger partial charge in [-0.3, -0.25) is 4.79 Å². The normalized spacial score (nSPS) is 17.9. The highest BCUT2D eigenvalue weighted by molar-refractivity contribution is 6.07. The third-order valence-corrected chi connectivity index (χ3v) is 5.80. The minimum atomic E-state index is -2.95. The fraction of sp³-hybridized carbons (Fsp3) is 0.423. The molecular formula is C26H31F2N3O4. The van der Waals surface area contributed by atoms with Gasteiger partial charge in [0.1, 0.15) is 17.0 Å². The van der Waals surface area contributed by atoms with Gasteiger partial charge in [-0.15, -0.1) is 5.01 Å². The largest absolute Gasteiger partial charge is 0.494 e. The van der Waals surface area contributed by atoms with Crippen molar-refractivity contribution in [2.75, 3.05) is 6.61 Å². The van der Waals surface area contributed by atoms with Crippen molar-refractivity contribution < 1.29 is 27.8 Å². The van der Waals surface area contributed by atoms with Gasteiger partial charge < -0.3 is 14.8 Å². The van der Waals surface area contributed by atoms with Crippen LogP contribution in [-0.4, -0.2) is 36.4 Å². The van der Waals surface area contributed by atoms with E-state index < -0.39 is 24.1 Å². The van der Waals surface area contributed by atoms with E-state index in [-0.39, 0.29) is 5.75 Å². The summed E-state index contributed by atoms with van der Waals surface area (Å²) in [6.07, 6.45) is 8.59. The number of hydrogen-bond donors (Lipinski definition) is 1. The van der Waals surface area contributed by atoms with Crippen molar-refractivity contribution in [3.8, 4) is 11.5 Å². The monoisotopic (exact) mass is 487 g/mol. The number of benzene rings is 2. The van der Waals surface area contributed by atoms with Crippen LogP contribution in [0.2, 0.25) is 0 Å². The fourth-order valence-electron chi connectivity index (χ4n) is 3.74. The number of urea groups is 1. The summed E-state index contributed by atoms with van der Waals surface area (Å²) in [4.78, 5) is 25.4. The van der Waals surface area contributed by atoms with Crippen molar-refractivity contribution >= 4 is 18.2 Å². The van der Waals surface area contributed by atoms with Gasteiger partial charge in [-0.2, -0.15) is 13.9 Å². The molecule has 0 radical (unpaired) electrons. The van der Waals surface area contributed by atoms with Crippen LogP contribution in [0.5, 0.6) is 11.5 Å². The Labute approximate surface area is 204 Å². The molecule has 0 spiro atoms. The molecule has 35 heavy (non-hydrogen) atoms. The second kappa shape index (κ2) is 12.3. The summed E-state index contributed by atoms with van der Waals surface area (Å²) in [6, 6.07) is 12.1. The molecule has 1 unspecified atom stereocenters. The van der Waals surface area contributed by atoms with Crippen LogP contribution in [0.4, 0.5) is 13.6 Å². The summed E-state index contributed by atoms with van der Waals surface area (Å²) in [5.74, 6) is 0.121. The van der Waals surface area contributed by atoms with Crippen molar-refractivity contribution in [1.82, 2.24) is 10.3 Å². The standard InChI is InChI=1S/C26H31F2N3O4/c1-3-4-5-6-7-8-17-34-21-13-9-19(10-14-21)18-29-31-23(32)26(2,30-25(31)33)20-11-15-22(16-12-20)35-24(27)28/h9-16,18,24H,3-8,17H2,1-2H3,(H,30,33). The Bertz CT molecular complexity index is 1010. The van der Waals surface area contributed by atoms with E-state index >= 15 is 0 Å². The Morgan fingerprint density at radius 2 is 1.60 bits per heavy atom. The Hall–Kier alpha value is -3.49. The lowest BCUT2D eigenvalue weighted by Gasteiger charge is -2.21. The van der Waals surface area contributed by atoms with E-state index in [1.807, 2.05) is 12.1 Å². The van der Waals surface area contributed by atoms with E-state index in [0.29, 0.717) is 17.7 Å². The first-order valence-electron chi connectivity index (χ1n) is 11.8. The van der Waals surface area contributed by atoms with Crippen molar-refractivity contribution in [1.29, 1.82) is 0 Å². The molecule has 1 fully saturated rings. The highest BCUT2D eigenvalue weighted by atomic mass is 19.3. The lowest BCUT2D eigenvalue weighted by molar-refractivity contribution is -0.131. The summed E-state index contributed by atoms with van der Waals surface area (Å²) in [7, 11) is 0. The lowest BCUT2D eigenvalue weighted by atomic mass is 9.92. The van der Waals surface area contributed by atoms with Crippen LogP contribution in [0, 0.1) is 0 Å². The second-order valence-electron chi connectivity index (χ2n) is 8.50. The van der Waals surface area contributed by atoms with Crippen LogP contribution in [0.15, 0.2) is 53.6 Å². The Kier molecular flexibility index (Phi) is 9.17. The molecule has 0 aliphatic carbocycles. The number of hydrazone groups is 1. The van der Waals surface area contributed by atoms with Crippen molar-refractivity contribution in [3.63, 3.8) is 0 Å². The maximum Gasteiger partial charge on any atom is 0.387 e. The number of nitrogens with zero attached hydrogens (tertiary/aromatic N) is 2. The number of halogens is 2. The molecule has 1 aliphatic heterocycles. The number of imide groups is 1. The zero-order chi connectivity index (χ0) is 25.3. The second-order valence-corrected chi connectivity index (χ2v) is 8.50. The van der Waals surface area contributed by atoms with Gasteiger partial charge in [0.2, 0.25) is 0 Å². The molecule has 7 nitrogen and oxygen atoms in total. The predicted molar refractivity (Wildman–Crippen MR) is 129 cm³/mol. The maximum atomic E-state index is 13.0. The van der Waals surface area contributed by atoms with E-state index in [2.05, 4.69) is 22.1 Å². The molecule has 0 aromatic heterocycles. The van der Waals surface area contributed by atoms with Gasteiger partial charge in [0.25, 0.3) is 5.91 Å². The number of carbonyl (C=O) groups excluding carboxylic acids is 2. The van der Waals surface area contributed by atoms with Gasteiger partial charge in [-0.05, 0) is 60.9 Å². The molecule has 3 amide bonds. The number of ether oxygens (including phenoxy) is 2. The summed E-state index contributed by atoms with van der Waals surface area (Å²) in [6.45, 7) is 1.44. The van der Waals surface area contributed by atoms with Crippen LogP contribution in [0.1, 0.15) is 63.5 Å². The van der Waals surface area contributed by atoms with Crippen LogP contribution in [0.3, 0.4) is 0 Å². The van der Waals surface area contributed by atoms with Crippen LogP contribution in [0.25, 0.3) is 0 Å². The molecule has 9 heteroatoms. The predicted octanol–water partition coefficient (Wildman–Crippen LogP) is 5.83. The van der Waals surface area contributed by atoms with Gasteiger partial charge in [-0.1, -0.05) is 51.2 Å². The first kappa shape index (κ1) is 26.1. The van der Waals surface area contributed by atoms with E-state index in [1.165, 1.54) is 63.1 Å². The topological polar surface area (TPSA) is 80.2 Å². The third-order valence-electron chi connectivity index (χ3n) is 5.80. The highest BCUT2D eigenvalue weighted by Crippen LogP contribution is 2.30. The average Bonchev–Trinajstić information content (AvgIpc) is 3.06. The van der Waals surface area contributed by atoms with E-state index in [1.54, 1.807) is 12.1 Å². The van der Waals surface area contributed by atoms with Crippen molar-refractivity contribution in [2.24, 2.45) is 5.10 Å². The minimum Gasteiger partial charge on any atom is -0.494 e. The molecule has 1 N–H and O–H groups in total. The van der Waals surface area contributed by atoms with Crippen molar-refractivity contribution in [3.05, 3.63) is 59.7 Å². The molecule has 1 atom stereocenters. The number of unbranched alkanes of at least 4 members (excludes halogenated alkanes) is 5. The van der Waals surface area contributed by atoms with Gasteiger partial charge in [0.15, 0.2) is 0 Å². The van der Waals surface area contributed by atoms with Crippen LogP contribution >= 0.6 is 0 Å². The lowest BCUT2D eigenvalue weighted by Crippen LogP contribution is -2.40. The molecule has 188 valence electrons. The summed E-state index contributed by atoms with van der Waals surface area (Å²) >= 11 is 0. The zero-order valence-electron chi connectivity index (χ0n) is 20.0. The molecule has 1 aliphatic rings. The maximum absolute atomic E-state index is 13.0. The number of alkyl halides is 2. The number of nitrogens with one attached hydrogen (secondary N) is 1. The number of rotatable bonds is 13. The quantitative estimate of drug-likeness (QED) is 0.219. The molecule has 1 heterocycles. The molecule has 3 rings (SSSR count). The SMILES string of the molecule is CCCCCCCCOc1ccc(C=NN2C(=O)NC(C)(c3ccc(OC(F)F)cc3)C2=O)cc1. The first-order valence-corrected chi connectivity index (χ1v) is 11.8. The molecule has 0 saturated carbocycles. The smallest absolute Gasteiger partial charge is 0.387 e. The molecule has 0 bridgehead atoms. The van der Waals surface area contributed by atoms with E-state index in [9.17, 15) is 18.4 Å². The molecule has 2 aromatic carbocycles. The van der Waals surface area contributed by atoms with Crippen LogP contribution < -0.4 is 14.8 Å². The average molecular weight is 488 g/mol.